The van der Waals surface area contributed by atoms with Crippen molar-refractivity contribution in [3.05, 3.63) is 18.2 Å². The molecule has 2 amide bonds. The highest BCUT2D eigenvalue weighted by Gasteiger charge is 2.28. The summed E-state index contributed by atoms with van der Waals surface area (Å²) in [6.07, 6.45) is 2.52. The molecule has 0 aromatic heterocycles. The monoisotopic (exact) mass is 399 g/mol. The fourth-order valence-corrected chi connectivity index (χ4v) is 4.34. The van der Waals surface area contributed by atoms with Crippen molar-refractivity contribution in [1.82, 2.24) is 9.62 Å². The van der Waals surface area contributed by atoms with Crippen LogP contribution in [0.15, 0.2) is 18.2 Å². The van der Waals surface area contributed by atoms with Crippen molar-refractivity contribution in [2.45, 2.75) is 18.9 Å². The van der Waals surface area contributed by atoms with Crippen LogP contribution in [0.4, 0.5) is 10.5 Å². The number of benzene rings is 1. The van der Waals surface area contributed by atoms with E-state index in [-0.39, 0.29) is 19.1 Å². The Kier molecular flexibility index (Phi) is 6.40. The predicted molar refractivity (Wildman–Crippen MR) is 99.8 cm³/mol. The number of urea groups is 1. The molecule has 2 aliphatic heterocycles. The molecule has 0 spiro atoms. The Labute approximate surface area is 159 Å². The SMILES string of the molecule is CS(=O)(=O)N(CCNC(=O)Nc1ccc2c(c1)OCCO2)C1CCOCC1. The lowest BCUT2D eigenvalue weighted by molar-refractivity contribution is 0.0589. The number of sulfonamides is 1. The smallest absolute Gasteiger partial charge is 0.319 e. The van der Waals surface area contributed by atoms with Crippen LogP contribution < -0.4 is 20.1 Å². The third-order valence-corrected chi connectivity index (χ3v) is 5.77. The summed E-state index contributed by atoms with van der Waals surface area (Å²) < 4.78 is 41.8. The van der Waals surface area contributed by atoms with Crippen LogP contribution in [0.3, 0.4) is 0 Å². The summed E-state index contributed by atoms with van der Waals surface area (Å²) in [5.74, 6) is 1.23. The van der Waals surface area contributed by atoms with E-state index in [4.69, 9.17) is 14.2 Å². The maximum Gasteiger partial charge on any atom is 0.319 e. The predicted octanol–water partition coefficient (Wildman–Crippen LogP) is 1.02. The van der Waals surface area contributed by atoms with Crippen molar-refractivity contribution < 1.29 is 27.4 Å². The number of hydrogen-bond acceptors (Lipinski definition) is 6. The minimum atomic E-state index is -3.36. The van der Waals surface area contributed by atoms with Crippen molar-refractivity contribution >= 4 is 21.7 Å². The van der Waals surface area contributed by atoms with Gasteiger partial charge in [-0.15, -0.1) is 0 Å². The second-order valence-corrected chi connectivity index (χ2v) is 8.39. The fourth-order valence-electron chi connectivity index (χ4n) is 3.17. The Morgan fingerprint density at radius 1 is 1.15 bits per heavy atom. The first-order chi connectivity index (χ1) is 12.9. The van der Waals surface area contributed by atoms with Gasteiger partial charge in [-0.05, 0) is 25.0 Å². The van der Waals surface area contributed by atoms with Crippen LogP contribution in [0.2, 0.25) is 0 Å². The molecule has 0 radical (unpaired) electrons. The lowest BCUT2D eigenvalue weighted by Gasteiger charge is -2.32. The molecule has 2 N–H and O–H groups in total. The number of rotatable bonds is 6. The molecule has 2 heterocycles. The summed E-state index contributed by atoms with van der Waals surface area (Å²) in [6.45, 7) is 2.50. The molecule has 1 aromatic carbocycles. The maximum absolute atomic E-state index is 12.1. The number of amides is 2. The third kappa shape index (κ3) is 5.47. The molecule has 0 unspecified atom stereocenters. The minimum Gasteiger partial charge on any atom is -0.486 e. The van der Waals surface area contributed by atoms with E-state index >= 15 is 0 Å². The molecule has 3 rings (SSSR count). The van der Waals surface area contributed by atoms with Crippen molar-refractivity contribution in [2.75, 3.05) is 51.1 Å². The van der Waals surface area contributed by atoms with Crippen LogP contribution in [-0.4, -0.2) is 70.6 Å². The van der Waals surface area contributed by atoms with Crippen molar-refractivity contribution in [3.63, 3.8) is 0 Å². The molecule has 2 aliphatic rings. The Bertz CT molecular complexity index is 764. The summed E-state index contributed by atoms with van der Waals surface area (Å²) >= 11 is 0. The molecule has 0 saturated carbocycles. The molecule has 9 nitrogen and oxygen atoms in total. The van der Waals surface area contributed by atoms with Gasteiger partial charge in [0.1, 0.15) is 13.2 Å². The highest BCUT2D eigenvalue weighted by molar-refractivity contribution is 7.88. The Morgan fingerprint density at radius 2 is 1.85 bits per heavy atom. The van der Waals surface area contributed by atoms with Gasteiger partial charge in [-0.25, -0.2) is 13.2 Å². The van der Waals surface area contributed by atoms with Gasteiger partial charge in [-0.2, -0.15) is 4.31 Å². The van der Waals surface area contributed by atoms with E-state index < -0.39 is 16.1 Å². The van der Waals surface area contributed by atoms with Crippen LogP contribution in [0, 0.1) is 0 Å². The lowest BCUT2D eigenvalue weighted by Crippen LogP contribution is -2.46. The summed E-state index contributed by atoms with van der Waals surface area (Å²) in [6, 6.07) is 4.65. The van der Waals surface area contributed by atoms with Crippen LogP contribution in [0.1, 0.15) is 12.8 Å². The topological polar surface area (TPSA) is 106 Å². The van der Waals surface area contributed by atoms with E-state index in [1.807, 2.05) is 0 Å². The van der Waals surface area contributed by atoms with Crippen LogP contribution in [-0.2, 0) is 14.8 Å². The van der Waals surface area contributed by atoms with Gasteiger partial charge < -0.3 is 24.8 Å². The zero-order valence-electron chi connectivity index (χ0n) is 15.3. The second kappa shape index (κ2) is 8.77. The first-order valence-electron chi connectivity index (χ1n) is 8.92. The molecule has 150 valence electrons. The van der Waals surface area contributed by atoms with Gasteiger partial charge in [0.15, 0.2) is 11.5 Å². The van der Waals surface area contributed by atoms with E-state index in [1.165, 1.54) is 10.6 Å². The number of ether oxygens (including phenoxy) is 3. The number of hydrogen-bond donors (Lipinski definition) is 2. The van der Waals surface area contributed by atoms with E-state index in [0.717, 1.165) is 0 Å². The fraction of sp³-hybridized carbons (Fsp3) is 0.588. The molecule has 0 aliphatic carbocycles. The van der Waals surface area contributed by atoms with Gasteiger partial charge in [-0.1, -0.05) is 0 Å². The molecule has 1 aromatic rings. The van der Waals surface area contributed by atoms with Gasteiger partial charge in [0.05, 0.1) is 6.26 Å². The van der Waals surface area contributed by atoms with Crippen molar-refractivity contribution in [1.29, 1.82) is 0 Å². The van der Waals surface area contributed by atoms with Gasteiger partial charge in [-0.3, -0.25) is 0 Å². The second-order valence-electron chi connectivity index (χ2n) is 6.46. The summed E-state index contributed by atoms with van der Waals surface area (Å²) in [5, 5.41) is 5.40. The molecule has 0 atom stereocenters. The summed E-state index contributed by atoms with van der Waals surface area (Å²) in [7, 11) is -3.36. The van der Waals surface area contributed by atoms with E-state index in [2.05, 4.69) is 10.6 Å². The van der Waals surface area contributed by atoms with E-state index in [1.54, 1.807) is 18.2 Å². The third-order valence-electron chi connectivity index (χ3n) is 4.44. The zero-order chi connectivity index (χ0) is 19.3. The number of nitrogens with one attached hydrogen (secondary N) is 2. The summed E-state index contributed by atoms with van der Waals surface area (Å²) in [5.41, 5.74) is 0.571. The quantitative estimate of drug-likeness (QED) is 0.740. The van der Waals surface area contributed by atoms with Crippen molar-refractivity contribution in [3.8, 4) is 11.5 Å². The maximum atomic E-state index is 12.1. The highest BCUT2D eigenvalue weighted by Crippen LogP contribution is 2.32. The normalized spacial score (nSPS) is 17.6. The average Bonchev–Trinajstić information content (AvgIpc) is 2.65. The van der Waals surface area contributed by atoms with Gasteiger partial charge >= 0.3 is 6.03 Å². The van der Waals surface area contributed by atoms with Gasteiger partial charge in [0, 0.05) is 44.1 Å². The molecule has 27 heavy (non-hydrogen) atoms. The molecular formula is C17H25N3O6S. The van der Waals surface area contributed by atoms with E-state index in [9.17, 15) is 13.2 Å². The van der Waals surface area contributed by atoms with Crippen molar-refractivity contribution in [2.24, 2.45) is 0 Å². The molecule has 0 bridgehead atoms. The highest BCUT2D eigenvalue weighted by atomic mass is 32.2. The van der Waals surface area contributed by atoms with Gasteiger partial charge in [0.2, 0.25) is 10.0 Å². The number of fused-ring (bicyclic) bond motifs is 1. The van der Waals surface area contributed by atoms with Crippen LogP contribution in [0.25, 0.3) is 0 Å². The average molecular weight is 399 g/mol. The van der Waals surface area contributed by atoms with Crippen LogP contribution in [0.5, 0.6) is 11.5 Å². The van der Waals surface area contributed by atoms with Crippen LogP contribution >= 0.6 is 0 Å². The lowest BCUT2D eigenvalue weighted by atomic mass is 10.1. The number of anilines is 1. The Balaban J connectivity index is 1.50. The number of carbonyl (C=O) groups excluding carboxylic acids is 1. The Hall–Kier alpha value is -2.04. The summed E-state index contributed by atoms with van der Waals surface area (Å²) in [4.78, 5) is 12.1. The number of nitrogens with zero attached hydrogens (tertiary/aromatic N) is 1. The number of carbonyl (C=O) groups is 1. The molecule has 1 fully saturated rings. The largest absolute Gasteiger partial charge is 0.486 e. The first kappa shape index (κ1) is 19.7. The molecular weight excluding hydrogens is 374 g/mol. The van der Waals surface area contributed by atoms with Gasteiger partial charge in [0.25, 0.3) is 0 Å². The standard InChI is InChI=1S/C17H25N3O6S/c1-27(22,23)20(14-4-8-24-9-5-14)7-6-18-17(21)19-13-2-3-15-16(12-13)26-11-10-25-15/h2-3,12,14H,4-11H2,1H3,(H2,18,19,21). The van der Waals surface area contributed by atoms with E-state index in [0.29, 0.717) is 56.5 Å². The molecule has 10 heteroatoms. The first-order valence-corrected chi connectivity index (χ1v) is 10.8. The molecule has 1 saturated heterocycles. The minimum absolute atomic E-state index is 0.0867. The Morgan fingerprint density at radius 3 is 2.56 bits per heavy atom. The zero-order valence-corrected chi connectivity index (χ0v) is 16.1.